The van der Waals surface area contributed by atoms with E-state index in [1.165, 1.54) is 0 Å². The average molecular weight is 484 g/mol. The van der Waals surface area contributed by atoms with Gasteiger partial charge in [-0.2, -0.15) is 0 Å². The Morgan fingerprint density at radius 1 is 0.972 bits per heavy atom. The van der Waals surface area contributed by atoms with Gasteiger partial charge in [0.1, 0.15) is 11.6 Å². The molecule has 1 atom stereocenters. The second kappa shape index (κ2) is 11.9. The molecular formula is C28H33N7O. The van der Waals surface area contributed by atoms with Crippen LogP contribution in [0.25, 0.3) is 11.4 Å². The van der Waals surface area contributed by atoms with Crippen molar-refractivity contribution >= 4 is 0 Å². The number of fused-ring (bicyclic) bond motifs is 1. The van der Waals surface area contributed by atoms with Crippen LogP contribution in [0.2, 0.25) is 0 Å². The van der Waals surface area contributed by atoms with Gasteiger partial charge in [-0.3, -0.25) is 14.9 Å². The Labute approximate surface area is 212 Å². The molecule has 0 saturated carbocycles. The highest BCUT2D eigenvalue weighted by molar-refractivity contribution is 5.54. The van der Waals surface area contributed by atoms with Gasteiger partial charge in [-0.25, -0.2) is 0 Å². The van der Waals surface area contributed by atoms with Crippen molar-refractivity contribution in [2.24, 2.45) is 7.05 Å². The predicted molar refractivity (Wildman–Crippen MR) is 139 cm³/mol. The summed E-state index contributed by atoms with van der Waals surface area (Å²) in [6.45, 7) is 4.09. The number of unbranched alkanes of at least 4 members (excludes halogenated alkanes) is 1. The van der Waals surface area contributed by atoms with Crippen LogP contribution in [0.3, 0.4) is 0 Å². The zero-order valence-electron chi connectivity index (χ0n) is 20.8. The topological polar surface area (TPSA) is 81.0 Å². The minimum absolute atomic E-state index is 0.188. The second-order valence-electron chi connectivity index (χ2n) is 9.08. The van der Waals surface area contributed by atoms with E-state index in [1.54, 1.807) is 0 Å². The van der Waals surface area contributed by atoms with Gasteiger partial charge in [0.2, 0.25) is 0 Å². The maximum Gasteiger partial charge on any atom is 0.163 e. The normalized spacial score (nSPS) is 15.0. The lowest BCUT2D eigenvalue weighted by molar-refractivity contribution is 0.123. The van der Waals surface area contributed by atoms with Gasteiger partial charge in [0.25, 0.3) is 0 Å². The standard InChI is InChI=1S/C28H33N7O/c1-34-26(32-33-28(34)22-10-3-2-4-11-22)21-35(24-14-19-36-25-13-9-17-31-27(24)25)18-8-7-15-29-20-23-12-5-6-16-30-23/h2-6,9-13,16-17,24,29H,7-8,14-15,18-21H2,1H3. The third-order valence-corrected chi connectivity index (χ3v) is 6.63. The summed E-state index contributed by atoms with van der Waals surface area (Å²) in [6.07, 6.45) is 6.75. The van der Waals surface area contributed by atoms with Gasteiger partial charge in [-0.05, 0) is 50.2 Å². The molecule has 1 aliphatic heterocycles. The van der Waals surface area contributed by atoms with Crippen LogP contribution >= 0.6 is 0 Å². The average Bonchev–Trinajstić information content (AvgIpc) is 3.30. The molecule has 5 rings (SSSR count). The molecule has 1 aliphatic rings. The monoisotopic (exact) mass is 483 g/mol. The Morgan fingerprint density at radius 2 is 1.83 bits per heavy atom. The summed E-state index contributed by atoms with van der Waals surface area (Å²) in [4.78, 5) is 11.6. The van der Waals surface area contributed by atoms with Crippen molar-refractivity contribution in [1.82, 2.24) is 34.9 Å². The molecule has 0 aliphatic carbocycles. The van der Waals surface area contributed by atoms with Crippen LogP contribution in [0.5, 0.6) is 5.75 Å². The minimum atomic E-state index is 0.188. The first-order valence-corrected chi connectivity index (χ1v) is 12.7. The molecule has 4 aromatic rings. The van der Waals surface area contributed by atoms with Gasteiger partial charge in [-0.15, -0.1) is 10.2 Å². The quantitative estimate of drug-likeness (QED) is 0.321. The van der Waals surface area contributed by atoms with Crippen molar-refractivity contribution in [2.75, 3.05) is 19.7 Å². The van der Waals surface area contributed by atoms with Crippen molar-refractivity contribution in [3.8, 4) is 17.1 Å². The van der Waals surface area contributed by atoms with Crippen LogP contribution in [0.1, 0.15) is 42.5 Å². The zero-order chi connectivity index (χ0) is 24.6. The van der Waals surface area contributed by atoms with Gasteiger partial charge >= 0.3 is 0 Å². The van der Waals surface area contributed by atoms with Crippen LogP contribution in [0.4, 0.5) is 0 Å². The van der Waals surface area contributed by atoms with Crippen molar-refractivity contribution in [2.45, 2.75) is 38.4 Å². The van der Waals surface area contributed by atoms with E-state index in [0.29, 0.717) is 13.2 Å². The first kappa shape index (κ1) is 24.1. The summed E-state index contributed by atoms with van der Waals surface area (Å²) < 4.78 is 8.01. The highest BCUT2D eigenvalue weighted by atomic mass is 16.5. The summed E-state index contributed by atoms with van der Waals surface area (Å²) in [5, 5.41) is 12.6. The molecule has 1 unspecified atom stereocenters. The molecule has 1 aromatic carbocycles. The summed E-state index contributed by atoms with van der Waals surface area (Å²) in [6, 6.07) is 20.4. The third-order valence-electron chi connectivity index (χ3n) is 6.63. The fourth-order valence-electron chi connectivity index (χ4n) is 4.70. The molecule has 4 heterocycles. The molecule has 0 saturated heterocycles. The summed E-state index contributed by atoms with van der Waals surface area (Å²) in [5.41, 5.74) is 3.16. The van der Waals surface area contributed by atoms with Crippen LogP contribution in [0.15, 0.2) is 73.1 Å². The van der Waals surface area contributed by atoms with E-state index in [1.807, 2.05) is 61.9 Å². The molecule has 8 heteroatoms. The lowest BCUT2D eigenvalue weighted by atomic mass is 10.0. The molecule has 1 N–H and O–H groups in total. The number of hydrogen-bond acceptors (Lipinski definition) is 7. The van der Waals surface area contributed by atoms with E-state index in [-0.39, 0.29) is 6.04 Å². The molecule has 3 aromatic heterocycles. The van der Waals surface area contributed by atoms with Gasteiger partial charge in [0.15, 0.2) is 5.82 Å². The Hall–Kier alpha value is -3.62. The zero-order valence-corrected chi connectivity index (χ0v) is 20.8. The van der Waals surface area contributed by atoms with Gasteiger partial charge in [0, 0.05) is 38.0 Å². The Morgan fingerprint density at radius 3 is 2.69 bits per heavy atom. The van der Waals surface area contributed by atoms with Gasteiger partial charge < -0.3 is 14.6 Å². The van der Waals surface area contributed by atoms with E-state index in [0.717, 1.165) is 73.2 Å². The fourth-order valence-corrected chi connectivity index (χ4v) is 4.70. The number of ether oxygens (including phenoxy) is 1. The Kier molecular flexibility index (Phi) is 7.95. The third kappa shape index (κ3) is 5.78. The fraction of sp³-hybridized carbons (Fsp3) is 0.357. The molecular weight excluding hydrogens is 450 g/mol. The maximum absolute atomic E-state index is 5.90. The van der Waals surface area contributed by atoms with Crippen molar-refractivity contribution < 1.29 is 4.74 Å². The van der Waals surface area contributed by atoms with Crippen molar-refractivity contribution in [3.63, 3.8) is 0 Å². The number of benzene rings is 1. The highest BCUT2D eigenvalue weighted by Crippen LogP contribution is 2.35. The first-order valence-electron chi connectivity index (χ1n) is 12.7. The van der Waals surface area contributed by atoms with Crippen molar-refractivity contribution in [1.29, 1.82) is 0 Å². The minimum Gasteiger partial charge on any atom is -0.492 e. The van der Waals surface area contributed by atoms with Gasteiger partial charge in [-0.1, -0.05) is 36.4 Å². The number of rotatable bonds is 11. The lowest BCUT2D eigenvalue weighted by Crippen LogP contribution is -2.34. The number of pyridine rings is 2. The second-order valence-corrected chi connectivity index (χ2v) is 9.08. The summed E-state index contributed by atoms with van der Waals surface area (Å²) in [7, 11) is 2.05. The van der Waals surface area contributed by atoms with E-state index in [2.05, 4.69) is 48.2 Å². The number of hydrogen-bond donors (Lipinski definition) is 1. The SMILES string of the molecule is Cn1c(CN(CCCCNCc2ccccn2)C2CCOc3cccnc32)nnc1-c1ccccc1. The van der Waals surface area contributed by atoms with Crippen LogP contribution in [0, 0.1) is 0 Å². The molecule has 8 nitrogen and oxygen atoms in total. The predicted octanol–water partition coefficient (Wildman–Crippen LogP) is 4.17. The van der Waals surface area contributed by atoms with Crippen molar-refractivity contribution in [3.05, 3.63) is 90.3 Å². The summed E-state index contributed by atoms with van der Waals surface area (Å²) in [5.74, 6) is 2.72. The van der Waals surface area contributed by atoms with E-state index >= 15 is 0 Å². The van der Waals surface area contributed by atoms with E-state index < -0.39 is 0 Å². The molecule has 36 heavy (non-hydrogen) atoms. The first-order chi connectivity index (χ1) is 17.8. The summed E-state index contributed by atoms with van der Waals surface area (Å²) >= 11 is 0. The number of nitrogens with one attached hydrogen (secondary N) is 1. The largest absolute Gasteiger partial charge is 0.492 e. The van der Waals surface area contributed by atoms with E-state index in [4.69, 9.17) is 9.72 Å². The molecule has 0 fully saturated rings. The Bertz CT molecular complexity index is 1230. The number of nitrogens with zero attached hydrogens (tertiary/aromatic N) is 6. The van der Waals surface area contributed by atoms with Crippen LogP contribution in [-0.4, -0.2) is 49.3 Å². The molecule has 0 bridgehead atoms. The molecule has 0 spiro atoms. The van der Waals surface area contributed by atoms with Crippen LogP contribution < -0.4 is 10.1 Å². The van der Waals surface area contributed by atoms with E-state index in [9.17, 15) is 0 Å². The number of aromatic nitrogens is 5. The molecule has 0 radical (unpaired) electrons. The Balaban J connectivity index is 1.26. The molecule has 0 amide bonds. The lowest BCUT2D eigenvalue weighted by Gasteiger charge is -2.34. The smallest absolute Gasteiger partial charge is 0.163 e. The highest BCUT2D eigenvalue weighted by Gasteiger charge is 2.29. The maximum atomic E-state index is 5.90. The molecule has 186 valence electrons. The van der Waals surface area contributed by atoms with Crippen LogP contribution in [-0.2, 0) is 20.1 Å². The van der Waals surface area contributed by atoms with Gasteiger partial charge in [0.05, 0.1) is 30.6 Å².